The van der Waals surface area contributed by atoms with Crippen molar-refractivity contribution in [2.45, 2.75) is 19.4 Å². The molecule has 1 aliphatic heterocycles. The van der Waals surface area contributed by atoms with Crippen LogP contribution in [0.3, 0.4) is 0 Å². The van der Waals surface area contributed by atoms with Crippen LogP contribution in [0.2, 0.25) is 0 Å². The Morgan fingerprint density at radius 1 is 1.80 bits per heavy atom. The number of amides is 1. The second kappa shape index (κ2) is 4.02. The van der Waals surface area contributed by atoms with Gasteiger partial charge >= 0.3 is 0 Å². The van der Waals surface area contributed by atoms with Gasteiger partial charge in [0.25, 0.3) is 5.91 Å². The predicted octanol–water partition coefficient (Wildman–Crippen LogP) is 0.219. The summed E-state index contributed by atoms with van der Waals surface area (Å²) < 4.78 is 0. The number of H-pyrrole nitrogens is 1. The summed E-state index contributed by atoms with van der Waals surface area (Å²) in [6.45, 7) is 3.47. The number of aromatic nitrogens is 2. The third-order valence-electron chi connectivity index (χ3n) is 3.13. The SMILES string of the molecule is CC1CCN(C(=O)c2cn[nH]c2)C1CN. The third kappa shape index (κ3) is 1.74. The third-order valence-corrected chi connectivity index (χ3v) is 3.13. The smallest absolute Gasteiger partial charge is 0.257 e. The molecule has 82 valence electrons. The summed E-state index contributed by atoms with van der Waals surface area (Å²) in [5.41, 5.74) is 6.30. The Morgan fingerprint density at radius 2 is 2.60 bits per heavy atom. The molecule has 1 aromatic rings. The van der Waals surface area contributed by atoms with Crippen LogP contribution < -0.4 is 5.73 Å². The normalized spacial score (nSPS) is 25.9. The van der Waals surface area contributed by atoms with Gasteiger partial charge in [0.2, 0.25) is 0 Å². The number of hydrogen-bond donors (Lipinski definition) is 2. The molecule has 1 saturated heterocycles. The zero-order valence-electron chi connectivity index (χ0n) is 8.81. The standard InChI is InChI=1S/C10H16N4O/c1-7-2-3-14(9(7)4-11)10(15)8-5-12-13-6-8/h5-7,9H,2-4,11H2,1H3,(H,12,13). The highest BCUT2D eigenvalue weighted by Gasteiger charge is 2.33. The number of carbonyl (C=O) groups is 1. The molecule has 0 saturated carbocycles. The number of nitrogens with one attached hydrogen (secondary N) is 1. The molecule has 0 spiro atoms. The van der Waals surface area contributed by atoms with Crippen molar-refractivity contribution in [1.82, 2.24) is 15.1 Å². The summed E-state index contributed by atoms with van der Waals surface area (Å²) in [6.07, 6.45) is 4.21. The number of likely N-dealkylation sites (tertiary alicyclic amines) is 1. The molecule has 1 aromatic heterocycles. The van der Waals surface area contributed by atoms with Crippen molar-refractivity contribution in [3.8, 4) is 0 Å². The maximum atomic E-state index is 12.0. The second-order valence-corrected chi connectivity index (χ2v) is 4.05. The van der Waals surface area contributed by atoms with E-state index in [4.69, 9.17) is 5.73 Å². The molecule has 1 fully saturated rings. The zero-order chi connectivity index (χ0) is 10.8. The fourth-order valence-corrected chi connectivity index (χ4v) is 2.15. The number of nitrogens with zero attached hydrogens (tertiary/aromatic N) is 2. The van der Waals surface area contributed by atoms with E-state index in [0.717, 1.165) is 13.0 Å². The van der Waals surface area contributed by atoms with Crippen LogP contribution in [0.5, 0.6) is 0 Å². The largest absolute Gasteiger partial charge is 0.334 e. The molecule has 2 heterocycles. The minimum absolute atomic E-state index is 0.0311. The quantitative estimate of drug-likeness (QED) is 0.730. The van der Waals surface area contributed by atoms with Crippen LogP contribution in [-0.4, -0.2) is 40.1 Å². The summed E-state index contributed by atoms with van der Waals surface area (Å²) in [4.78, 5) is 13.9. The summed E-state index contributed by atoms with van der Waals surface area (Å²) >= 11 is 0. The topological polar surface area (TPSA) is 75.0 Å². The Kier molecular flexibility index (Phi) is 2.73. The molecule has 1 amide bonds. The Hall–Kier alpha value is -1.36. The van der Waals surface area contributed by atoms with Gasteiger partial charge in [0.1, 0.15) is 0 Å². The van der Waals surface area contributed by atoms with Crippen LogP contribution >= 0.6 is 0 Å². The van der Waals surface area contributed by atoms with Gasteiger partial charge in [-0.2, -0.15) is 5.10 Å². The molecule has 5 nitrogen and oxygen atoms in total. The maximum absolute atomic E-state index is 12.0. The first-order chi connectivity index (χ1) is 7.24. The number of carbonyl (C=O) groups excluding carboxylic acids is 1. The minimum atomic E-state index is 0.0311. The van der Waals surface area contributed by atoms with Crippen molar-refractivity contribution in [3.05, 3.63) is 18.0 Å². The van der Waals surface area contributed by atoms with E-state index < -0.39 is 0 Å². The Labute approximate surface area is 88.6 Å². The lowest BCUT2D eigenvalue weighted by Crippen LogP contribution is -2.42. The van der Waals surface area contributed by atoms with Crippen LogP contribution in [0.25, 0.3) is 0 Å². The summed E-state index contributed by atoms with van der Waals surface area (Å²) in [5.74, 6) is 0.523. The molecular weight excluding hydrogens is 192 g/mol. The van der Waals surface area contributed by atoms with E-state index >= 15 is 0 Å². The number of nitrogens with two attached hydrogens (primary N) is 1. The molecule has 1 aliphatic rings. The highest BCUT2D eigenvalue weighted by atomic mass is 16.2. The average molecular weight is 208 g/mol. The van der Waals surface area contributed by atoms with Crippen LogP contribution in [0.15, 0.2) is 12.4 Å². The molecule has 5 heteroatoms. The highest BCUT2D eigenvalue weighted by molar-refractivity contribution is 5.94. The molecule has 0 radical (unpaired) electrons. The van der Waals surface area contributed by atoms with E-state index in [1.54, 1.807) is 12.4 Å². The van der Waals surface area contributed by atoms with Crippen LogP contribution in [0, 0.1) is 5.92 Å². The van der Waals surface area contributed by atoms with Crippen molar-refractivity contribution < 1.29 is 4.79 Å². The van der Waals surface area contributed by atoms with Crippen molar-refractivity contribution in [2.24, 2.45) is 11.7 Å². The first-order valence-corrected chi connectivity index (χ1v) is 5.24. The number of hydrogen-bond acceptors (Lipinski definition) is 3. The summed E-state index contributed by atoms with van der Waals surface area (Å²) in [7, 11) is 0. The summed E-state index contributed by atoms with van der Waals surface area (Å²) in [5, 5.41) is 6.43. The molecule has 0 bridgehead atoms. The molecule has 2 atom stereocenters. The predicted molar refractivity (Wildman–Crippen MR) is 56.2 cm³/mol. The molecule has 0 aromatic carbocycles. The lowest BCUT2D eigenvalue weighted by atomic mass is 10.0. The van der Waals surface area contributed by atoms with E-state index in [9.17, 15) is 4.79 Å². The Balaban J connectivity index is 2.14. The van der Waals surface area contributed by atoms with E-state index in [2.05, 4.69) is 17.1 Å². The Morgan fingerprint density at radius 3 is 3.20 bits per heavy atom. The van der Waals surface area contributed by atoms with Crippen LogP contribution in [0.4, 0.5) is 0 Å². The first kappa shape index (κ1) is 10.2. The minimum Gasteiger partial charge on any atom is -0.334 e. The van der Waals surface area contributed by atoms with Gasteiger partial charge in [-0.25, -0.2) is 0 Å². The molecule has 2 unspecified atom stereocenters. The molecule has 0 aliphatic carbocycles. The van der Waals surface area contributed by atoms with Gasteiger partial charge in [0.05, 0.1) is 11.8 Å². The van der Waals surface area contributed by atoms with Gasteiger partial charge in [0.15, 0.2) is 0 Å². The van der Waals surface area contributed by atoms with Crippen molar-refractivity contribution >= 4 is 5.91 Å². The first-order valence-electron chi connectivity index (χ1n) is 5.24. The van der Waals surface area contributed by atoms with Gasteiger partial charge in [0, 0.05) is 25.3 Å². The fourth-order valence-electron chi connectivity index (χ4n) is 2.15. The molecule has 15 heavy (non-hydrogen) atoms. The van der Waals surface area contributed by atoms with E-state index in [1.807, 2.05) is 4.90 Å². The van der Waals surface area contributed by atoms with Crippen molar-refractivity contribution in [1.29, 1.82) is 0 Å². The number of aromatic amines is 1. The monoisotopic (exact) mass is 208 g/mol. The van der Waals surface area contributed by atoms with E-state index in [0.29, 0.717) is 18.0 Å². The molecular formula is C10H16N4O. The highest BCUT2D eigenvalue weighted by Crippen LogP contribution is 2.24. The van der Waals surface area contributed by atoms with Gasteiger partial charge in [-0.3, -0.25) is 9.89 Å². The lowest BCUT2D eigenvalue weighted by molar-refractivity contribution is 0.0727. The average Bonchev–Trinajstić information content (AvgIpc) is 2.85. The molecule has 3 N–H and O–H groups in total. The van der Waals surface area contributed by atoms with Gasteiger partial charge < -0.3 is 10.6 Å². The summed E-state index contributed by atoms with van der Waals surface area (Å²) in [6, 6.07) is 0.174. The van der Waals surface area contributed by atoms with Gasteiger partial charge in [-0.15, -0.1) is 0 Å². The second-order valence-electron chi connectivity index (χ2n) is 4.05. The Bertz CT molecular complexity index is 335. The lowest BCUT2D eigenvalue weighted by Gasteiger charge is -2.25. The zero-order valence-corrected chi connectivity index (χ0v) is 8.81. The fraction of sp³-hybridized carbons (Fsp3) is 0.600. The van der Waals surface area contributed by atoms with E-state index in [1.165, 1.54) is 0 Å². The van der Waals surface area contributed by atoms with Crippen LogP contribution in [-0.2, 0) is 0 Å². The van der Waals surface area contributed by atoms with Crippen molar-refractivity contribution in [2.75, 3.05) is 13.1 Å². The number of rotatable bonds is 2. The van der Waals surface area contributed by atoms with E-state index in [-0.39, 0.29) is 11.9 Å². The van der Waals surface area contributed by atoms with Crippen molar-refractivity contribution in [3.63, 3.8) is 0 Å². The maximum Gasteiger partial charge on any atom is 0.257 e. The molecule has 2 rings (SSSR count). The van der Waals surface area contributed by atoms with Gasteiger partial charge in [-0.05, 0) is 12.3 Å². The van der Waals surface area contributed by atoms with Gasteiger partial charge in [-0.1, -0.05) is 6.92 Å². The van der Waals surface area contributed by atoms with Crippen LogP contribution in [0.1, 0.15) is 23.7 Å².